The van der Waals surface area contributed by atoms with Crippen LogP contribution < -0.4 is 10.6 Å². The quantitative estimate of drug-likeness (QED) is 0.590. The molecule has 0 saturated heterocycles. The van der Waals surface area contributed by atoms with E-state index in [9.17, 15) is 14.4 Å². The molecule has 9 heteroatoms. The first-order valence-corrected chi connectivity index (χ1v) is 9.20. The van der Waals surface area contributed by atoms with E-state index in [1.807, 2.05) is 0 Å². The Labute approximate surface area is 164 Å². The summed E-state index contributed by atoms with van der Waals surface area (Å²) in [6, 6.07) is 9.62. The van der Waals surface area contributed by atoms with Crippen LogP contribution in [-0.2, 0) is 16.0 Å². The van der Waals surface area contributed by atoms with Gasteiger partial charge >= 0.3 is 5.97 Å². The molecule has 0 atom stereocenters. The second kappa shape index (κ2) is 8.96. The first-order chi connectivity index (χ1) is 13.5. The molecule has 0 spiro atoms. The van der Waals surface area contributed by atoms with Gasteiger partial charge in [-0.1, -0.05) is 0 Å². The topological polar surface area (TPSA) is 111 Å². The number of furan rings is 1. The van der Waals surface area contributed by atoms with Gasteiger partial charge in [0, 0.05) is 17.5 Å². The van der Waals surface area contributed by atoms with Crippen molar-refractivity contribution >= 4 is 39.9 Å². The van der Waals surface area contributed by atoms with E-state index in [2.05, 4.69) is 20.4 Å². The van der Waals surface area contributed by atoms with Gasteiger partial charge in [0.15, 0.2) is 10.9 Å². The maximum Gasteiger partial charge on any atom is 0.337 e. The Morgan fingerprint density at radius 3 is 2.61 bits per heavy atom. The molecule has 2 amide bonds. The number of ether oxygens (including phenoxy) is 1. The van der Waals surface area contributed by atoms with Crippen molar-refractivity contribution in [2.24, 2.45) is 0 Å². The minimum atomic E-state index is -0.434. The zero-order valence-electron chi connectivity index (χ0n) is 14.9. The van der Waals surface area contributed by atoms with Gasteiger partial charge in [0.1, 0.15) is 0 Å². The smallest absolute Gasteiger partial charge is 0.337 e. The second-order valence-electron chi connectivity index (χ2n) is 5.69. The Kier molecular flexibility index (Phi) is 6.18. The van der Waals surface area contributed by atoms with E-state index in [-0.39, 0.29) is 24.0 Å². The van der Waals surface area contributed by atoms with Crippen LogP contribution in [0.25, 0.3) is 0 Å². The standard InChI is InChI=1S/C19H17N3O5S/c1-26-18(25)12-4-6-13(7-5-12)20-16(23)9-8-14-11-28-19(21-14)22-17(24)15-3-2-10-27-15/h2-7,10-11H,8-9H2,1H3,(H,20,23)(H,21,22,24). The van der Waals surface area contributed by atoms with E-state index in [0.717, 1.165) is 0 Å². The van der Waals surface area contributed by atoms with Crippen LogP contribution in [0.5, 0.6) is 0 Å². The minimum Gasteiger partial charge on any atom is -0.465 e. The lowest BCUT2D eigenvalue weighted by atomic mass is 10.2. The van der Waals surface area contributed by atoms with Crippen LogP contribution in [-0.4, -0.2) is 29.9 Å². The van der Waals surface area contributed by atoms with Gasteiger partial charge in [0.25, 0.3) is 5.91 Å². The number of aromatic nitrogens is 1. The van der Waals surface area contributed by atoms with Gasteiger partial charge < -0.3 is 14.5 Å². The van der Waals surface area contributed by atoms with Crippen LogP contribution in [0.2, 0.25) is 0 Å². The molecule has 8 nitrogen and oxygen atoms in total. The van der Waals surface area contributed by atoms with Crippen molar-refractivity contribution in [1.29, 1.82) is 0 Å². The van der Waals surface area contributed by atoms with E-state index in [0.29, 0.717) is 28.5 Å². The Bertz CT molecular complexity index is 964. The van der Waals surface area contributed by atoms with E-state index >= 15 is 0 Å². The van der Waals surface area contributed by atoms with E-state index in [4.69, 9.17) is 4.42 Å². The number of hydrogen-bond acceptors (Lipinski definition) is 7. The molecule has 0 aliphatic carbocycles. The molecule has 28 heavy (non-hydrogen) atoms. The number of amides is 2. The number of nitrogens with one attached hydrogen (secondary N) is 2. The number of methoxy groups -OCH3 is 1. The Hall–Kier alpha value is -3.46. The molecule has 0 saturated carbocycles. The lowest BCUT2D eigenvalue weighted by molar-refractivity contribution is -0.116. The second-order valence-corrected chi connectivity index (χ2v) is 6.55. The monoisotopic (exact) mass is 399 g/mol. The van der Waals surface area contributed by atoms with Crippen LogP contribution in [0, 0.1) is 0 Å². The number of aryl methyl sites for hydroxylation is 1. The number of thiazole rings is 1. The fraction of sp³-hybridized carbons (Fsp3) is 0.158. The van der Waals surface area contributed by atoms with Gasteiger partial charge in [-0.15, -0.1) is 11.3 Å². The van der Waals surface area contributed by atoms with Gasteiger partial charge in [-0.3, -0.25) is 14.9 Å². The van der Waals surface area contributed by atoms with Gasteiger partial charge in [-0.25, -0.2) is 9.78 Å². The zero-order valence-corrected chi connectivity index (χ0v) is 15.7. The fourth-order valence-electron chi connectivity index (χ4n) is 2.32. The number of benzene rings is 1. The Morgan fingerprint density at radius 1 is 1.14 bits per heavy atom. The summed E-state index contributed by atoms with van der Waals surface area (Å²) in [4.78, 5) is 39.7. The highest BCUT2D eigenvalue weighted by molar-refractivity contribution is 7.13. The third kappa shape index (κ3) is 5.04. The molecule has 2 N–H and O–H groups in total. The maximum atomic E-state index is 12.1. The van der Waals surface area contributed by atoms with E-state index < -0.39 is 5.97 Å². The van der Waals surface area contributed by atoms with Gasteiger partial charge in [-0.05, 0) is 42.8 Å². The summed E-state index contributed by atoms with van der Waals surface area (Å²) in [5, 5.41) is 7.63. The van der Waals surface area contributed by atoms with Crippen molar-refractivity contribution in [1.82, 2.24) is 4.98 Å². The molecular formula is C19H17N3O5S. The van der Waals surface area contributed by atoms with Gasteiger partial charge in [0.2, 0.25) is 5.91 Å². The summed E-state index contributed by atoms with van der Waals surface area (Å²) in [6.07, 6.45) is 2.08. The number of anilines is 2. The van der Waals surface area contributed by atoms with E-state index in [1.54, 1.807) is 41.8 Å². The number of carbonyl (C=O) groups excluding carboxylic acids is 3. The van der Waals surface area contributed by atoms with Crippen LogP contribution in [0.3, 0.4) is 0 Å². The number of hydrogen-bond donors (Lipinski definition) is 2. The van der Waals surface area contributed by atoms with Crippen molar-refractivity contribution in [3.63, 3.8) is 0 Å². The summed E-state index contributed by atoms with van der Waals surface area (Å²) in [5.41, 5.74) is 1.70. The van der Waals surface area contributed by atoms with Crippen molar-refractivity contribution in [3.05, 3.63) is 65.1 Å². The summed E-state index contributed by atoms with van der Waals surface area (Å²) in [7, 11) is 1.31. The first kappa shape index (κ1) is 19.3. The Balaban J connectivity index is 1.47. The predicted molar refractivity (Wildman–Crippen MR) is 104 cm³/mol. The molecule has 144 valence electrons. The number of carbonyl (C=O) groups is 3. The molecule has 2 aromatic heterocycles. The van der Waals surface area contributed by atoms with Gasteiger partial charge in [0.05, 0.1) is 24.6 Å². The molecular weight excluding hydrogens is 382 g/mol. The molecule has 3 rings (SSSR count). The SMILES string of the molecule is COC(=O)c1ccc(NC(=O)CCc2csc(NC(=O)c3ccco3)n2)cc1. The van der Waals surface area contributed by atoms with Crippen LogP contribution >= 0.6 is 11.3 Å². The average Bonchev–Trinajstić information content (AvgIpc) is 3.38. The Morgan fingerprint density at radius 2 is 1.93 bits per heavy atom. The van der Waals surface area contributed by atoms with Crippen LogP contribution in [0.1, 0.15) is 33.0 Å². The van der Waals surface area contributed by atoms with Crippen molar-refractivity contribution < 1.29 is 23.5 Å². The summed E-state index contributed by atoms with van der Waals surface area (Å²) >= 11 is 1.28. The summed E-state index contributed by atoms with van der Waals surface area (Å²) < 4.78 is 9.65. The normalized spacial score (nSPS) is 10.3. The molecule has 0 aliphatic rings. The number of nitrogens with zero attached hydrogens (tertiary/aromatic N) is 1. The maximum absolute atomic E-state index is 12.1. The number of rotatable bonds is 7. The molecule has 0 bridgehead atoms. The van der Waals surface area contributed by atoms with Crippen LogP contribution in [0.15, 0.2) is 52.5 Å². The molecule has 2 heterocycles. The molecule has 0 unspecified atom stereocenters. The fourth-order valence-corrected chi connectivity index (χ4v) is 3.06. The van der Waals surface area contributed by atoms with E-state index in [1.165, 1.54) is 24.7 Å². The molecule has 3 aromatic rings. The molecule has 1 aromatic carbocycles. The highest BCUT2D eigenvalue weighted by atomic mass is 32.1. The minimum absolute atomic E-state index is 0.181. The number of esters is 1. The average molecular weight is 399 g/mol. The van der Waals surface area contributed by atoms with Crippen molar-refractivity contribution in [2.45, 2.75) is 12.8 Å². The predicted octanol–water partition coefficient (Wildman–Crippen LogP) is 3.35. The molecule has 0 radical (unpaired) electrons. The van der Waals surface area contributed by atoms with Crippen LogP contribution in [0.4, 0.5) is 10.8 Å². The summed E-state index contributed by atoms with van der Waals surface area (Å²) in [5.74, 6) is -0.787. The first-order valence-electron chi connectivity index (χ1n) is 8.32. The van der Waals surface area contributed by atoms with Gasteiger partial charge in [-0.2, -0.15) is 0 Å². The molecule has 0 aliphatic heterocycles. The molecule has 0 fully saturated rings. The third-order valence-corrected chi connectivity index (χ3v) is 4.52. The lowest BCUT2D eigenvalue weighted by Crippen LogP contribution is -2.13. The van der Waals surface area contributed by atoms with Crippen molar-refractivity contribution in [3.8, 4) is 0 Å². The highest BCUT2D eigenvalue weighted by Crippen LogP contribution is 2.18. The third-order valence-electron chi connectivity index (χ3n) is 3.72. The van der Waals surface area contributed by atoms with Crippen molar-refractivity contribution in [2.75, 3.05) is 17.7 Å². The largest absolute Gasteiger partial charge is 0.465 e. The lowest BCUT2D eigenvalue weighted by Gasteiger charge is -2.05. The zero-order chi connectivity index (χ0) is 19.9. The highest BCUT2D eigenvalue weighted by Gasteiger charge is 2.12. The summed E-state index contributed by atoms with van der Waals surface area (Å²) in [6.45, 7) is 0.